The maximum Gasteiger partial charge on any atom is 0.00673 e. The van der Waals surface area contributed by atoms with Gasteiger partial charge < -0.3 is 5.32 Å². The average molecular weight is 281 g/mol. The van der Waals surface area contributed by atoms with E-state index < -0.39 is 0 Å². The standard InChI is InChI=1S/C20H27N/c1-17-8-6-12-19(16-17)14-15-20(21-2)13-7-11-18-9-4-3-5-10-18/h3-6,8-10,12,16,20-21H,7,11,13-15H2,1-2H3. The van der Waals surface area contributed by atoms with Crippen LogP contribution in [0.25, 0.3) is 0 Å². The van der Waals surface area contributed by atoms with Crippen molar-refractivity contribution in [3.8, 4) is 0 Å². The van der Waals surface area contributed by atoms with Crippen LogP contribution < -0.4 is 5.32 Å². The first kappa shape index (κ1) is 15.8. The Balaban J connectivity index is 1.73. The molecule has 0 amide bonds. The van der Waals surface area contributed by atoms with Gasteiger partial charge in [0.2, 0.25) is 0 Å². The highest BCUT2D eigenvalue weighted by Crippen LogP contribution is 2.12. The Morgan fingerprint density at radius 3 is 2.33 bits per heavy atom. The molecule has 0 saturated carbocycles. The minimum Gasteiger partial charge on any atom is -0.317 e. The van der Waals surface area contributed by atoms with E-state index in [1.807, 2.05) is 0 Å². The van der Waals surface area contributed by atoms with Gasteiger partial charge in [0, 0.05) is 6.04 Å². The van der Waals surface area contributed by atoms with Crippen LogP contribution in [0, 0.1) is 6.92 Å². The Morgan fingerprint density at radius 2 is 1.62 bits per heavy atom. The number of rotatable bonds is 8. The lowest BCUT2D eigenvalue weighted by molar-refractivity contribution is 0.474. The van der Waals surface area contributed by atoms with Crippen molar-refractivity contribution in [2.75, 3.05) is 7.05 Å². The molecule has 0 saturated heterocycles. The third kappa shape index (κ3) is 5.73. The predicted octanol–water partition coefficient (Wildman–Crippen LogP) is 4.54. The zero-order valence-corrected chi connectivity index (χ0v) is 13.3. The Bertz CT molecular complexity index is 518. The molecule has 0 aliphatic rings. The van der Waals surface area contributed by atoms with Crippen LogP contribution in [0.15, 0.2) is 54.6 Å². The smallest absolute Gasteiger partial charge is 0.00673 e. The van der Waals surface area contributed by atoms with E-state index in [2.05, 4.69) is 73.9 Å². The first-order valence-corrected chi connectivity index (χ1v) is 8.04. The van der Waals surface area contributed by atoms with Gasteiger partial charge in [-0.15, -0.1) is 0 Å². The number of nitrogens with one attached hydrogen (secondary N) is 1. The van der Waals surface area contributed by atoms with Crippen LogP contribution in [0.3, 0.4) is 0 Å². The summed E-state index contributed by atoms with van der Waals surface area (Å²) in [5.74, 6) is 0. The van der Waals surface area contributed by atoms with Crippen LogP contribution in [0.1, 0.15) is 36.0 Å². The predicted molar refractivity (Wildman–Crippen MR) is 91.7 cm³/mol. The fraction of sp³-hybridized carbons (Fsp3) is 0.400. The molecule has 0 bridgehead atoms. The summed E-state index contributed by atoms with van der Waals surface area (Å²) in [6.07, 6.45) is 6.07. The molecule has 1 nitrogen and oxygen atoms in total. The van der Waals surface area contributed by atoms with Gasteiger partial charge in [-0.3, -0.25) is 0 Å². The van der Waals surface area contributed by atoms with Gasteiger partial charge in [-0.25, -0.2) is 0 Å². The lowest BCUT2D eigenvalue weighted by atomic mass is 9.98. The Morgan fingerprint density at radius 1 is 0.857 bits per heavy atom. The highest BCUT2D eigenvalue weighted by Gasteiger charge is 2.06. The molecule has 0 radical (unpaired) electrons. The number of hydrogen-bond acceptors (Lipinski definition) is 1. The minimum atomic E-state index is 0.620. The second-order valence-corrected chi connectivity index (χ2v) is 5.89. The third-order valence-electron chi connectivity index (χ3n) is 4.13. The van der Waals surface area contributed by atoms with Gasteiger partial charge in [0.1, 0.15) is 0 Å². The van der Waals surface area contributed by atoms with Crippen molar-refractivity contribution in [3.05, 3.63) is 71.3 Å². The summed E-state index contributed by atoms with van der Waals surface area (Å²) >= 11 is 0. The fourth-order valence-corrected chi connectivity index (χ4v) is 2.84. The third-order valence-corrected chi connectivity index (χ3v) is 4.13. The molecule has 1 N–H and O–H groups in total. The maximum atomic E-state index is 3.47. The van der Waals surface area contributed by atoms with Crippen LogP contribution in [0.5, 0.6) is 0 Å². The van der Waals surface area contributed by atoms with Gasteiger partial charge in [0.05, 0.1) is 0 Å². The summed E-state index contributed by atoms with van der Waals surface area (Å²) in [4.78, 5) is 0. The zero-order valence-electron chi connectivity index (χ0n) is 13.3. The van der Waals surface area contributed by atoms with Crippen molar-refractivity contribution in [2.24, 2.45) is 0 Å². The van der Waals surface area contributed by atoms with Gasteiger partial charge in [-0.2, -0.15) is 0 Å². The van der Waals surface area contributed by atoms with Gasteiger partial charge in [-0.05, 0) is 57.2 Å². The first-order valence-electron chi connectivity index (χ1n) is 8.04. The van der Waals surface area contributed by atoms with Crippen molar-refractivity contribution >= 4 is 0 Å². The van der Waals surface area contributed by atoms with Crippen molar-refractivity contribution in [1.29, 1.82) is 0 Å². The molecule has 0 spiro atoms. The van der Waals surface area contributed by atoms with Gasteiger partial charge in [-0.1, -0.05) is 60.2 Å². The zero-order chi connectivity index (χ0) is 14.9. The summed E-state index contributed by atoms with van der Waals surface area (Å²) < 4.78 is 0. The molecule has 21 heavy (non-hydrogen) atoms. The van der Waals surface area contributed by atoms with Crippen LogP contribution in [-0.2, 0) is 12.8 Å². The van der Waals surface area contributed by atoms with E-state index in [9.17, 15) is 0 Å². The van der Waals surface area contributed by atoms with Gasteiger partial charge in [0.15, 0.2) is 0 Å². The Kier molecular flexibility index (Phi) is 6.49. The SMILES string of the molecule is CNC(CCCc1ccccc1)CCc1cccc(C)c1. The topological polar surface area (TPSA) is 12.0 Å². The Labute approximate surface area is 129 Å². The quantitative estimate of drug-likeness (QED) is 0.749. The van der Waals surface area contributed by atoms with Crippen molar-refractivity contribution in [1.82, 2.24) is 5.32 Å². The molecular formula is C20H27N. The second kappa shape index (κ2) is 8.63. The van der Waals surface area contributed by atoms with Gasteiger partial charge in [0.25, 0.3) is 0 Å². The van der Waals surface area contributed by atoms with Crippen LogP contribution in [0.4, 0.5) is 0 Å². The van der Waals surface area contributed by atoms with Gasteiger partial charge >= 0.3 is 0 Å². The molecule has 112 valence electrons. The van der Waals surface area contributed by atoms with Crippen molar-refractivity contribution < 1.29 is 0 Å². The molecule has 0 fully saturated rings. The van der Waals surface area contributed by atoms with Crippen molar-refractivity contribution in [3.63, 3.8) is 0 Å². The van der Waals surface area contributed by atoms with Crippen LogP contribution in [-0.4, -0.2) is 13.1 Å². The van der Waals surface area contributed by atoms with E-state index in [-0.39, 0.29) is 0 Å². The van der Waals surface area contributed by atoms with E-state index >= 15 is 0 Å². The molecule has 1 unspecified atom stereocenters. The molecular weight excluding hydrogens is 254 g/mol. The fourth-order valence-electron chi connectivity index (χ4n) is 2.84. The highest BCUT2D eigenvalue weighted by molar-refractivity contribution is 5.22. The summed E-state index contributed by atoms with van der Waals surface area (Å²) in [6.45, 7) is 2.17. The first-order chi connectivity index (χ1) is 10.3. The molecule has 0 aromatic heterocycles. The number of benzene rings is 2. The van der Waals surface area contributed by atoms with E-state index in [1.165, 1.54) is 48.8 Å². The number of hydrogen-bond donors (Lipinski definition) is 1. The molecule has 0 aliphatic carbocycles. The summed E-state index contributed by atoms with van der Waals surface area (Å²) in [5.41, 5.74) is 4.27. The highest BCUT2D eigenvalue weighted by atomic mass is 14.9. The molecule has 1 heteroatoms. The molecule has 2 aromatic carbocycles. The minimum absolute atomic E-state index is 0.620. The summed E-state index contributed by atoms with van der Waals surface area (Å²) in [7, 11) is 2.09. The van der Waals surface area contributed by atoms with Crippen molar-refractivity contribution in [2.45, 2.75) is 45.1 Å². The molecule has 0 aliphatic heterocycles. The lowest BCUT2D eigenvalue weighted by Crippen LogP contribution is -2.25. The normalized spacial score (nSPS) is 12.3. The van der Waals surface area contributed by atoms with E-state index in [0.717, 1.165) is 0 Å². The largest absolute Gasteiger partial charge is 0.317 e. The lowest BCUT2D eigenvalue weighted by Gasteiger charge is -2.16. The van der Waals surface area contributed by atoms with E-state index in [0.29, 0.717) is 6.04 Å². The monoisotopic (exact) mass is 281 g/mol. The summed E-state index contributed by atoms with van der Waals surface area (Å²) in [5, 5.41) is 3.47. The van der Waals surface area contributed by atoms with E-state index in [1.54, 1.807) is 0 Å². The Hall–Kier alpha value is -1.60. The average Bonchev–Trinajstić information content (AvgIpc) is 2.52. The number of aryl methyl sites for hydroxylation is 3. The molecule has 0 heterocycles. The maximum absolute atomic E-state index is 3.47. The second-order valence-electron chi connectivity index (χ2n) is 5.89. The molecule has 2 aromatic rings. The molecule has 1 atom stereocenters. The van der Waals surface area contributed by atoms with E-state index in [4.69, 9.17) is 0 Å². The van der Waals surface area contributed by atoms with Crippen LogP contribution >= 0.6 is 0 Å². The summed E-state index contributed by atoms with van der Waals surface area (Å²) in [6, 6.07) is 20.3. The van der Waals surface area contributed by atoms with Crippen LogP contribution in [0.2, 0.25) is 0 Å². The molecule has 2 rings (SSSR count).